The molecule has 0 saturated carbocycles. The number of hydrogen-bond acceptors (Lipinski definition) is 4. The van der Waals surface area contributed by atoms with Crippen molar-refractivity contribution in [2.75, 3.05) is 0 Å². The van der Waals surface area contributed by atoms with Crippen molar-refractivity contribution < 1.29 is 31.1 Å². The van der Waals surface area contributed by atoms with Crippen LogP contribution in [0.5, 0.6) is 11.6 Å². The Hall–Kier alpha value is -3.69. The van der Waals surface area contributed by atoms with E-state index >= 15 is 0 Å². The molecule has 2 aromatic carbocycles. The molecule has 0 saturated heterocycles. The molecule has 2 aromatic heterocycles. The van der Waals surface area contributed by atoms with Crippen molar-refractivity contribution in [1.82, 2.24) is 15.0 Å². The van der Waals surface area contributed by atoms with Crippen LogP contribution in [-0.4, -0.2) is 15.0 Å². The van der Waals surface area contributed by atoms with E-state index in [1.165, 1.54) is 18.6 Å². The highest BCUT2D eigenvalue weighted by molar-refractivity contribution is 5.83. The first kappa shape index (κ1) is 21.5. The number of ether oxygens (including phenoxy) is 1. The average molecular weight is 448 g/mol. The minimum absolute atomic E-state index is 0.0179. The topological polar surface area (TPSA) is 47.9 Å². The summed E-state index contributed by atoms with van der Waals surface area (Å²) in [5.41, 5.74) is -0.864. The van der Waals surface area contributed by atoms with Gasteiger partial charge in [0.2, 0.25) is 5.88 Å². The second-order valence-corrected chi connectivity index (χ2v) is 6.66. The second kappa shape index (κ2) is 8.45. The molecule has 32 heavy (non-hydrogen) atoms. The van der Waals surface area contributed by atoms with E-state index in [9.17, 15) is 26.3 Å². The normalized spacial score (nSPS) is 11.7. The van der Waals surface area contributed by atoms with Crippen molar-refractivity contribution in [2.45, 2.75) is 12.6 Å². The zero-order valence-corrected chi connectivity index (χ0v) is 16.0. The standard InChI is InChI=1S/C22H12F6N3O/c23-15-4-5-16(24)21-20(15)18(30-11-31-21)6-2-12-1-3-14(10-17(12)25)32-19-9-13(7-8-29-19)22(26,27)28/h1,3-11H,2H2. The maximum absolute atomic E-state index is 14.5. The van der Waals surface area contributed by atoms with E-state index in [4.69, 9.17) is 4.74 Å². The molecule has 4 nitrogen and oxygen atoms in total. The van der Waals surface area contributed by atoms with Crippen LogP contribution in [0.15, 0.2) is 55.0 Å². The molecule has 0 amide bonds. The monoisotopic (exact) mass is 448 g/mol. The summed E-state index contributed by atoms with van der Waals surface area (Å²) < 4.78 is 86.2. The summed E-state index contributed by atoms with van der Waals surface area (Å²) in [6, 6.07) is 7.09. The maximum atomic E-state index is 14.5. The van der Waals surface area contributed by atoms with E-state index in [0.29, 0.717) is 6.07 Å². The highest BCUT2D eigenvalue weighted by atomic mass is 19.4. The number of hydrogen-bond donors (Lipinski definition) is 0. The van der Waals surface area contributed by atoms with E-state index < -0.39 is 29.2 Å². The number of alkyl halides is 3. The number of rotatable bonds is 5. The van der Waals surface area contributed by atoms with Crippen LogP contribution in [-0.2, 0) is 12.6 Å². The van der Waals surface area contributed by atoms with Gasteiger partial charge in [0, 0.05) is 24.8 Å². The minimum atomic E-state index is -4.57. The first-order valence-corrected chi connectivity index (χ1v) is 9.14. The number of pyridine rings is 1. The van der Waals surface area contributed by atoms with Gasteiger partial charge in [0.15, 0.2) is 0 Å². The van der Waals surface area contributed by atoms with Crippen LogP contribution >= 0.6 is 0 Å². The van der Waals surface area contributed by atoms with Gasteiger partial charge in [-0.1, -0.05) is 6.07 Å². The van der Waals surface area contributed by atoms with Gasteiger partial charge in [-0.3, -0.25) is 0 Å². The molecular weight excluding hydrogens is 436 g/mol. The summed E-state index contributed by atoms with van der Waals surface area (Å²) in [5.74, 6) is -2.54. The molecular formula is C22H12F6N3O. The van der Waals surface area contributed by atoms with Gasteiger partial charge < -0.3 is 4.74 Å². The first-order chi connectivity index (χ1) is 15.2. The van der Waals surface area contributed by atoms with E-state index in [1.807, 2.05) is 0 Å². The first-order valence-electron chi connectivity index (χ1n) is 9.14. The second-order valence-electron chi connectivity index (χ2n) is 6.66. The van der Waals surface area contributed by atoms with Crippen molar-refractivity contribution >= 4 is 10.9 Å². The van der Waals surface area contributed by atoms with Gasteiger partial charge in [0.25, 0.3) is 0 Å². The highest BCUT2D eigenvalue weighted by Gasteiger charge is 2.31. The zero-order valence-electron chi connectivity index (χ0n) is 16.0. The Morgan fingerprint density at radius 2 is 1.62 bits per heavy atom. The quantitative estimate of drug-likeness (QED) is 0.349. The van der Waals surface area contributed by atoms with Crippen molar-refractivity contribution in [3.63, 3.8) is 0 Å². The molecule has 0 bridgehead atoms. The third-order valence-corrected chi connectivity index (χ3v) is 4.54. The number of nitrogens with zero attached hydrogens (tertiary/aromatic N) is 3. The van der Waals surface area contributed by atoms with Crippen molar-refractivity contribution in [1.29, 1.82) is 0 Å². The molecule has 2 heterocycles. The predicted molar refractivity (Wildman–Crippen MR) is 102 cm³/mol. The Morgan fingerprint density at radius 1 is 0.844 bits per heavy atom. The highest BCUT2D eigenvalue weighted by Crippen LogP contribution is 2.32. The lowest BCUT2D eigenvalue weighted by atomic mass is 10.0. The maximum Gasteiger partial charge on any atom is 0.416 e. The van der Waals surface area contributed by atoms with Gasteiger partial charge in [0.1, 0.15) is 35.0 Å². The molecule has 4 aromatic rings. The van der Waals surface area contributed by atoms with E-state index in [2.05, 4.69) is 15.0 Å². The van der Waals surface area contributed by atoms with E-state index in [1.54, 1.807) is 0 Å². The Kier molecular flexibility index (Phi) is 5.68. The van der Waals surface area contributed by atoms with Crippen molar-refractivity contribution in [3.05, 3.63) is 95.7 Å². The molecule has 0 unspecified atom stereocenters. The van der Waals surface area contributed by atoms with Gasteiger partial charge in [-0.15, -0.1) is 0 Å². The fourth-order valence-electron chi connectivity index (χ4n) is 3.01. The summed E-state index contributed by atoms with van der Waals surface area (Å²) in [4.78, 5) is 11.4. The number of aromatic nitrogens is 3. The largest absolute Gasteiger partial charge is 0.439 e. The third kappa shape index (κ3) is 4.48. The minimum Gasteiger partial charge on any atom is -0.439 e. The summed E-state index contributed by atoms with van der Waals surface area (Å²) in [6.45, 7) is 0. The van der Waals surface area contributed by atoms with Gasteiger partial charge in [-0.05, 0) is 36.2 Å². The molecule has 0 aliphatic heterocycles. The number of benzene rings is 2. The van der Waals surface area contributed by atoms with Gasteiger partial charge in [-0.25, -0.2) is 28.1 Å². The molecule has 0 fully saturated rings. The predicted octanol–water partition coefficient (Wildman–Crippen LogP) is 6.05. The molecule has 0 aliphatic carbocycles. The fraction of sp³-hybridized carbons (Fsp3) is 0.0909. The van der Waals surface area contributed by atoms with E-state index in [-0.39, 0.29) is 40.2 Å². The molecule has 4 rings (SSSR count). The molecule has 1 radical (unpaired) electrons. The van der Waals surface area contributed by atoms with Crippen LogP contribution in [0.3, 0.4) is 0 Å². The van der Waals surface area contributed by atoms with Gasteiger partial charge in [0.05, 0.1) is 16.6 Å². The van der Waals surface area contributed by atoms with E-state index in [0.717, 1.165) is 36.8 Å². The lowest BCUT2D eigenvalue weighted by Crippen LogP contribution is -2.05. The SMILES string of the molecule is Fc1cc(Oc2cc(C(F)(F)F)ccn2)ccc1C[CH]c1ncnc2c(F)ccc(F)c12. The van der Waals surface area contributed by atoms with Gasteiger partial charge in [-0.2, -0.15) is 13.2 Å². The summed E-state index contributed by atoms with van der Waals surface area (Å²) in [7, 11) is 0. The number of fused-ring (bicyclic) bond motifs is 1. The zero-order chi connectivity index (χ0) is 22.9. The van der Waals surface area contributed by atoms with Crippen LogP contribution < -0.4 is 4.74 Å². The Bertz CT molecular complexity index is 1290. The Balaban J connectivity index is 1.52. The smallest absolute Gasteiger partial charge is 0.416 e. The van der Waals surface area contributed by atoms with Crippen LogP contribution in [0, 0.1) is 23.9 Å². The molecule has 0 spiro atoms. The van der Waals surface area contributed by atoms with Crippen LogP contribution in [0.25, 0.3) is 10.9 Å². The molecule has 163 valence electrons. The summed E-state index contributed by atoms with van der Waals surface area (Å²) in [5, 5.41) is -0.122. The fourth-order valence-corrected chi connectivity index (χ4v) is 3.01. The lowest BCUT2D eigenvalue weighted by Gasteiger charge is -2.10. The van der Waals surface area contributed by atoms with Crippen LogP contribution in [0.1, 0.15) is 16.8 Å². The molecule has 0 atom stereocenters. The third-order valence-electron chi connectivity index (χ3n) is 4.54. The summed E-state index contributed by atoms with van der Waals surface area (Å²) in [6.07, 6.45) is -1.16. The summed E-state index contributed by atoms with van der Waals surface area (Å²) >= 11 is 0. The van der Waals surface area contributed by atoms with Gasteiger partial charge >= 0.3 is 6.18 Å². The lowest BCUT2D eigenvalue weighted by molar-refractivity contribution is -0.137. The van der Waals surface area contributed by atoms with Crippen molar-refractivity contribution in [3.8, 4) is 11.6 Å². The van der Waals surface area contributed by atoms with Crippen LogP contribution in [0.2, 0.25) is 0 Å². The van der Waals surface area contributed by atoms with Crippen molar-refractivity contribution in [2.24, 2.45) is 0 Å². The van der Waals surface area contributed by atoms with Crippen LogP contribution in [0.4, 0.5) is 26.3 Å². The average Bonchev–Trinajstić information content (AvgIpc) is 2.75. The molecule has 0 aliphatic rings. The Labute approximate surface area is 177 Å². The Morgan fingerprint density at radius 3 is 2.38 bits per heavy atom. The number of halogens is 6. The molecule has 10 heteroatoms. The molecule has 0 N–H and O–H groups in total.